The lowest BCUT2D eigenvalue weighted by Gasteiger charge is -2.06. The van der Waals surface area contributed by atoms with Crippen LogP contribution in [0.15, 0.2) is 18.5 Å². The molecule has 0 amide bonds. The average Bonchev–Trinajstić information content (AvgIpc) is 2.85. The van der Waals surface area contributed by atoms with Crippen molar-refractivity contribution in [2.45, 2.75) is 78.7 Å². The summed E-state index contributed by atoms with van der Waals surface area (Å²) in [5, 5.41) is 0. The lowest BCUT2D eigenvalue weighted by Crippen LogP contribution is -1.96. The van der Waals surface area contributed by atoms with Crippen molar-refractivity contribution < 1.29 is 0 Å². The van der Waals surface area contributed by atoms with E-state index in [2.05, 4.69) is 42.5 Å². The van der Waals surface area contributed by atoms with Crippen LogP contribution in [0.2, 0.25) is 0 Å². The number of rotatable bonds is 9. The van der Waals surface area contributed by atoms with Crippen LogP contribution in [0.5, 0.6) is 0 Å². The van der Waals surface area contributed by atoms with Gasteiger partial charge in [-0.1, -0.05) is 51.9 Å². The molecular formula is C19H30N2. The van der Waals surface area contributed by atoms with Crippen LogP contribution >= 0.6 is 0 Å². The minimum Gasteiger partial charge on any atom is -0.331 e. The zero-order valence-electron chi connectivity index (χ0n) is 14.0. The Hall–Kier alpha value is -1.31. The first-order chi connectivity index (χ1) is 10.2. The molecule has 0 saturated carbocycles. The summed E-state index contributed by atoms with van der Waals surface area (Å²) in [6, 6.07) is 4.48. The van der Waals surface area contributed by atoms with Gasteiger partial charge >= 0.3 is 0 Å². The van der Waals surface area contributed by atoms with Crippen LogP contribution < -0.4 is 0 Å². The van der Waals surface area contributed by atoms with E-state index < -0.39 is 0 Å². The molecule has 0 unspecified atom stereocenters. The number of imidazole rings is 1. The van der Waals surface area contributed by atoms with Gasteiger partial charge in [-0.15, -0.1) is 0 Å². The Labute approximate surface area is 129 Å². The Bertz CT molecular complexity index is 554. The Balaban J connectivity index is 1.75. The van der Waals surface area contributed by atoms with E-state index in [0.29, 0.717) is 0 Å². The summed E-state index contributed by atoms with van der Waals surface area (Å²) in [6.45, 7) is 7.72. The van der Waals surface area contributed by atoms with Crippen LogP contribution in [0, 0.1) is 13.8 Å². The summed E-state index contributed by atoms with van der Waals surface area (Å²) in [4.78, 5) is 4.53. The van der Waals surface area contributed by atoms with Crippen molar-refractivity contribution in [3.05, 3.63) is 29.6 Å². The smallest absolute Gasteiger partial charge is 0.0958 e. The highest BCUT2D eigenvalue weighted by Crippen LogP contribution is 2.19. The van der Waals surface area contributed by atoms with Gasteiger partial charge in [-0.05, 0) is 43.5 Å². The van der Waals surface area contributed by atoms with Gasteiger partial charge in [0.05, 0.1) is 17.4 Å². The molecule has 116 valence electrons. The van der Waals surface area contributed by atoms with E-state index in [1.165, 1.54) is 68.0 Å². The third-order valence-electron chi connectivity index (χ3n) is 4.49. The molecule has 0 atom stereocenters. The molecule has 2 heteroatoms. The van der Waals surface area contributed by atoms with Crippen molar-refractivity contribution in [1.29, 1.82) is 0 Å². The lowest BCUT2D eigenvalue weighted by atomic mass is 10.1. The Morgan fingerprint density at radius 1 is 0.857 bits per heavy atom. The fraction of sp³-hybridized carbons (Fsp3) is 0.632. The van der Waals surface area contributed by atoms with Gasteiger partial charge in [0.2, 0.25) is 0 Å². The molecular weight excluding hydrogens is 256 g/mol. The molecule has 0 fully saturated rings. The minimum atomic E-state index is 1.11. The summed E-state index contributed by atoms with van der Waals surface area (Å²) in [5.74, 6) is 0. The first-order valence-electron chi connectivity index (χ1n) is 8.64. The average molecular weight is 286 g/mol. The molecule has 0 aliphatic rings. The molecule has 2 rings (SSSR count). The first-order valence-corrected chi connectivity index (χ1v) is 8.64. The molecule has 1 aromatic carbocycles. The molecule has 0 bridgehead atoms. The fourth-order valence-corrected chi connectivity index (χ4v) is 2.91. The number of nitrogens with zero attached hydrogens (tertiary/aromatic N) is 2. The van der Waals surface area contributed by atoms with Gasteiger partial charge in [0.1, 0.15) is 0 Å². The van der Waals surface area contributed by atoms with Crippen molar-refractivity contribution in [2.75, 3.05) is 0 Å². The number of fused-ring (bicyclic) bond motifs is 1. The number of aryl methyl sites for hydroxylation is 3. The third kappa shape index (κ3) is 4.59. The quantitative estimate of drug-likeness (QED) is 0.533. The van der Waals surface area contributed by atoms with E-state index in [4.69, 9.17) is 0 Å². The van der Waals surface area contributed by atoms with Crippen molar-refractivity contribution in [1.82, 2.24) is 9.55 Å². The third-order valence-corrected chi connectivity index (χ3v) is 4.49. The molecule has 0 N–H and O–H groups in total. The number of unbranched alkanes of at least 4 members (excludes halogenated alkanes) is 7. The Kier molecular flexibility index (Phi) is 6.28. The van der Waals surface area contributed by atoms with E-state index in [9.17, 15) is 0 Å². The van der Waals surface area contributed by atoms with Crippen molar-refractivity contribution in [2.24, 2.45) is 0 Å². The maximum absolute atomic E-state index is 4.53. The van der Waals surface area contributed by atoms with Gasteiger partial charge in [-0.25, -0.2) is 4.98 Å². The SMILES string of the molecule is CCCCCCCCCCn1cnc2cc(C)c(C)cc21. The predicted octanol–water partition coefficient (Wildman–Crippen LogP) is 5.79. The van der Waals surface area contributed by atoms with Gasteiger partial charge in [0.25, 0.3) is 0 Å². The summed E-state index contributed by atoms with van der Waals surface area (Å²) in [6.07, 6.45) is 13.0. The van der Waals surface area contributed by atoms with Gasteiger partial charge in [0.15, 0.2) is 0 Å². The minimum absolute atomic E-state index is 1.11. The highest BCUT2D eigenvalue weighted by molar-refractivity contribution is 5.77. The second kappa shape index (κ2) is 8.21. The monoisotopic (exact) mass is 286 g/mol. The second-order valence-electron chi connectivity index (χ2n) is 6.34. The van der Waals surface area contributed by atoms with E-state index in [1.807, 2.05) is 6.33 Å². The van der Waals surface area contributed by atoms with Crippen LogP contribution in [0.25, 0.3) is 11.0 Å². The van der Waals surface area contributed by atoms with Gasteiger partial charge in [-0.2, -0.15) is 0 Å². The molecule has 0 radical (unpaired) electrons. The number of hydrogen-bond acceptors (Lipinski definition) is 1. The summed E-state index contributed by atoms with van der Waals surface area (Å²) in [5.41, 5.74) is 5.12. The van der Waals surface area contributed by atoms with Crippen LogP contribution in [-0.2, 0) is 6.54 Å². The first kappa shape index (κ1) is 16.1. The normalized spacial score (nSPS) is 11.4. The van der Waals surface area contributed by atoms with Gasteiger partial charge < -0.3 is 4.57 Å². The zero-order chi connectivity index (χ0) is 15.1. The largest absolute Gasteiger partial charge is 0.331 e. The predicted molar refractivity (Wildman–Crippen MR) is 91.8 cm³/mol. The highest BCUT2D eigenvalue weighted by Gasteiger charge is 2.04. The molecule has 0 saturated heterocycles. The maximum Gasteiger partial charge on any atom is 0.0958 e. The zero-order valence-corrected chi connectivity index (χ0v) is 14.0. The van der Waals surface area contributed by atoms with Crippen molar-refractivity contribution in [3.8, 4) is 0 Å². The van der Waals surface area contributed by atoms with E-state index >= 15 is 0 Å². The fourth-order valence-electron chi connectivity index (χ4n) is 2.91. The van der Waals surface area contributed by atoms with Gasteiger partial charge in [-0.3, -0.25) is 0 Å². The van der Waals surface area contributed by atoms with Crippen LogP contribution in [0.1, 0.15) is 69.4 Å². The topological polar surface area (TPSA) is 17.8 Å². The molecule has 0 spiro atoms. The van der Waals surface area contributed by atoms with Gasteiger partial charge in [0, 0.05) is 6.54 Å². The second-order valence-corrected chi connectivity index (χ2v) is 6.34. The number of hydrogen-bond donors (Lipinski definition) is 0. The van der Waals surface area contributed by atoms with E-state index in [1.54, 1.807) is 0 Å². The van der Waals surface area contributed by atoms with Crippen LogP contribution in [0.3, 0.4) is 0 Å². The number of aromatic nitrogens is 2. The molecule has 1 heterocycles. The molecule has 2 aromatic rings. The standard InChI is InChI=1S/C19H30N2/c1-4-5-6-7-8-9-10-11-12-21-15-20-18-13-16(2)17(3)14-19(18)21/h13-15H,4-12H2,1-3H3. The van der Waals surface area contributed by atoms with E-state index in [0.717, 1.165) is 12.1 Å². The molecule has 21 heavy (non-hydrogen) atoms. The summed E-state index contributed by atoms with van der Waals surface area (Å²) in [7, 11) is 0. The Morgan fingerprint density at radius 3 is 2.19 bits per heavy atom. The maximum atomic E-state index is 4.53. The molecule has 1 aromatic heterocycles. The number of benzene rings is 1. The highest BCUT2D eigenvalue weighted by atomic mass is 15.0. The molecule has 0 aliphatic carbocycles. The lowest BCUT2D eigenvalue weighted by molar-refractivity contribution is 0.548. The summed E-state index contributed by atoms with van der Waals surface area (Å²) >= 11 is 0. The van der Waals surface area contributed by atoms with Crippen molar-refractivity contribution >= 4 is 11.0 Å². The van der Waals surface area contributed by atoms with Crippen LogP contribution in [-0.4, -0.2) is 9.55 Å². The molecule has 0 aliphatic heterocycles. The summed E-state index contributed by atoms with van der Waals surface area (Å²) < 4.78 is 2.32. The van der Waals surface area contributed by atoms with E-state index in [-0.39, 0.29) is 0 Å². The van der Waals surface area contributed by atoms with Crippen molar-refractivity contribution in [3.63, 3.8) is 0 Å². The Morgan fingerprint density at radius 2 is 1.48 bits per heavy atom. The van der Waals surface area contributed by atoms with Crippen LogP contribution in [0.4, 0.5) is 0 Å². The molecule has 2 nitrogen and oxygen atoms in total.